The fraction of sp³-hybridized carbons (Fsp3) is 0. The molecule has 106 valence electrons. The average molecular weight is 351 g/mol. The number of pyridine rings is 1. The summed E-state index contributed by atoms with van der Waals surface area (Å²) in [5.74, 6) is 1.33. The van der Waals surface area contributed by atoms with Gasteiger partial charge in [0.1, 0.15) is 0 Å². The number of hydrogen-bond acceptors (Lipinski definition) is 3. The molecule has 2 heterocycles. The summed E-state index contributed by atoms with van der Waals surface area (Å²) in [5.41, 5.74) is 1.90. The molecule has 0 amide bonds. The summed E-state index contributed by atoms with van der Waals surface area (Å²) in [4.78, 5) is 8.69. The Bertz CT molecular complexity index is 939. The molecular weight excluding hydrogens is 340 g/mol. The monoisotopic (exact) mass is 350 g/mol. The fourth-order valence-electron chi connectivity index (χ4n) is 2.43. The molecule has 0 atom stereocenters. The van der Waals surface area contributed by atoms with Crippen molar-refractivity contribution in [3.63, 3.8) is 0 Å². The fourth-order valence-corrected chi connectivity index (χ4v) is 2.70. The van der Waals surface area contributed by atoms with Gasteiger partial charge >= 0.3 is 0 Å². The predicted octanol–water partition coefficient (Wildman–Crippen LogP) is 5.32. The number of rotatable bonds is 2. The molecule has 4 rings (SSSR count). The van der Waals surface area contributed by atoms with Gasteiger partial charge in [-0.1, -0.05) is 52.3 Å². The average Bonchev–Trinajstić information content (AvgIpc) is 3.05. The Morgan fingerprint density at radius 1 is 0.864 bits per heavy atom. The molecule has 0 spiro atoms. The molecule has 2 aromatic carbocycles. The molecule has 0 aliphatic carbocycles. The molecule has 0 unspecified atom stereocenters. The van der Waals surface area contributed by atoms with Crippen molar-refractivity contribution in [2.45, 2.75) is 0 Å². The SMILES string of the molecule is Brc1ccc(-c2cnc(-c3cncc4ccccc34)o2)cc1. The highest BCUT2D eigenvalue weighted by molar-refractivity contribution is 9.10. The molecule has 4 aromatic rings. The Kier molecular flexibility index (Phi) is 3.24. The molecule has 0 aliphatic rings. The Morgan fingerprint density at radius 3 is 2.55 bits per heavy atom. The van der Waals surface area contributed by atoms with Gasteiger partial charge in [0.05, 0.1) is 11.8 Å². The number of hydrogen-bond donors (Lipinski definition) is 0. The summed E-state index contributed by atoms with van der Waals surface area (Å²) in [7, 11) is 0. The lowest BCUT2D eigenvalue weighted by Crippen LogP contribution is -1.83. The van der Waals surface area contributed by atoms with E-state index >= 15 is 0 Å². The van der Waals surface area contributed by atoms with E-state index in [1.54, 1.807) is 12.4 Å². The number of nitrogens with zero attached hydrogens (tertiary/aromatic N) is 2. The maximum Gasteiger partial charge on any atom is 0.228 e. The van der Waals surface area contributed by atoms with Crippen molar-refractivity contribution in [2.24, 2.45) is 0 Å². The van der Waals surface area contributed by atoms with E-state index in [1.165, 1.54) is 0 Å². The zero-order valence-corrected chi connectivity index (χ0v) is 13.1. The molecule has 0 bridgehead atoms. The van der Waals surface area contributed by atoms with Crippen LogP contribution in [0.5, 0.6) is 0 Å². The quantitative estimate of drug-likeness (QED) is 0.491. The zero-order chi connectivity index (χ0) is 14.9. The van der Waals surface area contributed by atoms with E-state index in [2.05, 4.69) is 32.0 Å². The Balaban J connectivity index is 1.82. The first-order valence-electron chi connectivity index (χ1n) is 6.86. The molecule has 4 heteroatoms. The predicted molar refractivity (Wildman–Crippen MR) is 90.4 cm³/mol. The second-order valence-electron chi connectivity index (χ2n) is 4.94. The topological polar surface area (TPSA) is 38.9 Å². The van der Waals surface area contributed by atoms with Gasteiger partial charge in [0.2, 0.25) is 5.89 Å². The summed E-state index contributed by atoms with van der Waals surface area (Å²) >= 11 is 3.43. The third-order valence-electron chi connectivity index (χ3n) is 3.53. The van der Waals surface area contributed by atoms with Crippen molar-refractivity contribution in [3.05, 3.63) is 71.6 Å². The van der Waals surface area contributed by atoms with Gasteiger partial charge in [0.25, 0.3) is 0 Å². The van der Waals surface area contributed by atoms with Gasteiger partial charge in [-0.25, -0.2) is 4.98 Å². The van der Waals surface area contributed by atoms with Gasteiger partial charge in [0, 0.05) is 27.8 Å². The molecule has 0 radical (unpaired) electrons. The molecule has 22 heavy (non-hydrogen) atoms. The largest absolute Gasteiger partial charge is 0.436 e. The standard InChI is InChI=1S/C18H11BrN2O/c19-14-7-5-12(6-8-14)17-11-21-18(22-17)16-10-20-9-13-3-1-2-4-15(13)16/h1-11H. The molecule has 0 aliphatic heterocycles. The lowest BCUT2D eigenvalue weighted by Gasteiger charge is -2.02. The number of halogens is 1. The van der Waals surface area contributed by atoms with E-state index in [0.717, 1.165) is 32.1 Å². The Morgan fingerprint density at radius 2 is 1.68 bits per heavy atom. The van der Waals surface area contributed by atoms with Crippen LogP contribution in [0.1, 0.15) is 0 Å². The normalized spacial score (nSPS) is 11.0. The van der Waals surface area contributed by atoms with Crippen LogP contribution in [0.25, 0.3) is 33.6 Å². The highest BCUT2D eigenvalue weighted by Gasteiger charge is 2.11. The molecule has 0 saturated carbocycles. The van der Waals surface area contributed by atoms with Crippen LogP contribution in [0.2, 0.25) is 0 Å². The molecule has 3 nitrogen and oxygen atoms in total. The van der Waals surface area contributed by atoms with Crippen LogP contribution in [0.4, 0.5) is 0 Å². The van der Waals surface area contributed by atoms with Gasteiger partial charge in [-0.05, 0) is 17.5 Å². The van der Waals surface area contributed by atoms with Crippen LogP contribution in [0, 0.1) is 0 Å². The smallest absolute Gasteiger partial charge is 0.228 e. The van der Waals surface area contributed by atoms with Gasteiger partial charge in [0.15, 0.2) is 5.76 Å². The molecule has 0 saturated heterocycles. The Labute approximate surface area is 135 Å². The van der Waals surface area contributed by atoms with Gasteiger partial charge in [-0.2, -0.15) is 0 Å². The maximum absolute atomic E-state index is 5.94. The van der Waals surface area contributed by atoms with Crippen molar-refractivity contribution in [2.75, 3.05) is 0 Å². The van der Waals surface area contributed by atoms with Crippen LogP contribution in [-0.4, -0.2) is 9.97 Å². The number of aromatic nitrogens is 2. The highest BCUT2D eigenvalue weighted by Crippen LogP contribution is 2.30. The van der Waals surface area contributed by atoms with Crippen molar-refractivity contribution >= 4 is 26.7 Å². The van der Waals surface area contributed by atoms with Crippen molar-refractivity contribution in [1.82, 2.24) is 9.97 Å². The number of oxazole rings is 1. The summed E-state index contributed by atoms with van der Waals surface area (Å²) in [6, 6.07) is 16.0. The Hall–Kier alpha value is -2.46. The minimum atomic E-state index is 0.585. The van der Waals surface area contributed by atoms with Crippen LogP contribution >= 0.6 is 15.9 Å². The van der Waals surface area contributed by atoms with Crippen molar-refractivity contribution in [3.8, 4) is 22.8 Å². The van der Waals surface area contributed by atoms with Crippen LogP contribution < -0.4 is 0 Å². The highest BCUT2D eigenvalue weighted by atomic mass is 79.9. The van der Waals surface area contributed by atoms with Gasteiger partial charge < -0.3 is 4.42 Å². The molecule has 2 aromatic heterocycles. The lowest BCUT2D eigenvalue weighted by atomic mass is 10.1. The minimum absolute atomic E-state index is 0.585. The van der Waals surface area contributed by atoms with Crippen LogP contribution in [0.3, 0.4) is 0 Å². The van der Waals surface area contributed by atoms with E-state index in [4.69, 9.17) is 4.42 Å². The van der Waals surface area contributed by atoms with Crippen molar-refractivity contribution in [1.29, 1.82) is 0 Å². The second kappa shape index (κ2) is 5.39. The van der Waals surface area contributed by atoms with Crippen LogP contribution in [0.15, 0.2) is 76.0 Å². The first kappa shape index (κ1) is 13.2. The maximum atomic E-state index is 5.94. The number of fused-ring (bicyclic) bond motifs is 1. The molecule has 0 fully saturated rings. The minimum Gasteiger partial charge on any atom is -0.436 e. The lowest BCUT2D eigenvalue weighted by molar-refractivity contribution is 0.589. The third-order valence-corrected chi connectivity index (χ3v) is 4.06. The summed E-state index contributed by atoms with van der Waals surface area (Å²) in [6.07, 6.45) is 5.39. The number of benzene rings is 2. The van der Waals surface area contributed by atoms with E-state index in [-0.39, 0.29) is 0 Å². The third kappa shape index (κ3) is 2.31. The van der Waals surface area contributed by atoms with E-state index < -0.39 is 0 Å². The van der Waals surface area contributed by atoms with Crippen molar-refractivity contribution < 1.29 is 4.42 Å². The first-order valence-corrected chi connectivity index (χ1v) is 7.65. The first-order chi connectivity index (χ1) is 10.8. The molecule has 0 N–H and O–H groups in total. The van der Waals surface area contributed by atoms with E-state index in [9.17, 15) is 0 Å². The second-order valence-corrected chi connectivity index (χ2v) is 5.86. The summed E-state index contributed by atoms with van der Waals surface area (Å²) in [6.45, 7) is 0. The summed E-state index contributed by atoms with van der Waals surface area (Å²) in [5, 5.41) is 2.16. The summed E-state index contributed by atoms with van der Waals surface area (Å²) < 4.78 is 6.97. The van der Waals surface area contributed by atoms with Gasteiger partial charge in [-0.3, -0.25) is 4.98 Å². The van der Waals surface area contributed by atoms with Crippen LogP contribution in [-0.2, 0) is 0 Å². The van der Waals surface area contributed by atoms with E-state index in [0.29, 0.717) is 5.89 Å². The molecular formula is C18H11BrN2O. The van der Waals surface area contributed by atoms with Gasteiger partial charge in [-0.15, -0.1) is 0 Å². The zero-order valence-electron chi connectivity index (χ0n) is 11.5. The van der Waals surface area contributed by atoms with E-state index in [1.807, 2.05) is 48.7 Å².